The van der Waals surface area contributed by atoms with Crippen molar-refractivity contribution in [3.05, 3.63) is 52.2 Å². The van der Waals surface area contributed by atoms with E-state index >= 15 is 0 Å². The van der Waals surface area contributed by atoms with Crippen LogP contribution in [0.4, 0.5) is 11.5 Å². The van der Waals surface area contributed by atoms with Crippen LogP contribution in [0.5, 0.6) is 0 Å². The zero-order valence-electron chi connectivity index (χ0n) is 18.3. The van der Waals surface area contributed by atoms with Gasteiger partial charge in [-0.2, -0.15) is 5.26 Å². The number of carbonyl (C=O) groups is 1. The number of halogens is 1. The van der Waals surface area contributed by atoms with E-state index in [2.05, 4.69) is 44.2 Å². The van der Waals surface area contributed by atoms with Gasteiger partial charge in [-0.15, -0.1) is 0 Å². The quantitative estimate of drug-likeness (QED) is 0.317. The van der Waals surface area contributed by atoms with Crippen molar-refractivity contribution in [2.45, 2.75) is 52.4 Å². The third-order valence-corrected chi connectivity index (χ3v) is 9.95. The fraction of sp³-hybridized carbons (Fsp3) is 0.409. The van der Waals surface area contributed by atoms with Gasteiger partial charge >= 0.3 is 5.97 Å². The normalized spacial score (nSPS) is 11.7. The van der Waals surface area contributed by atoms with Gasteiger partial charge in [0.2, 0.25) is 0 Å². The van der Waals surface area contributed by atoms with Crippen molar-refractivity contribution < 1.29 is 14.0 Å². The summed E-state index contributed by atoms with van der Waals surface area (Å²) in [5.74, 6) is -0.335. The smallest absolute Gasteiger partial charge is 0.341 e. The Kier molecular flexibility index (Phi) is 7.64. The molecule has 0 bridgehead atoms. The summed E-state index contributed by atoms with van der Waals surface area (Å²) in [5.41, 5.74) is 2.00. The van der Waals surface area contributed by atoms with Crippen molar-refractivity contribution in [1.82, 2.24) is 4.98 Å². The average molecular weight is 446 g/mol. The van der Waals surface area contributed by atoms with Gasteiger partial charge in [-0.3, -0.25) is 0 Å². The summed E-state index contributed by atoms with van der Waals surface area (Å²) in [6.45, 7) is 13.5. The van der Waals surface area contributed by atoms with Crippen molar-refractivity contribution in [2.24, 2.45) is 0 Å². The molecule has 0 aliphatic heterocycles. The first-order chi connectivity index (χ1) is 14.0. The summed E-state index contributed by atoms with van der Waals surface area (Å²) < 4.78 is 11.4. The zero-order valence-corrected chi connectivity index (χ0v) is 20.1. The number of esters is 1. The molecular weight excluding hydrogens is 418 g/mol. The second-order valence-corrected chi connectivity index (χ2v) is 13.6. The van der Waals surface area contributed by atoms with E-state index in [0.29, 0.717) is 6.61 Å². The first kappa shape index (κ1) is 23.9. The second-order valence-electron chi connectivity index (χ2n) is 8.43. The number of nitrogens with one attached hydrogen (secondary N) is 1. The molecule has 6 nitrogen and oxygen atoms in total. The summed E-state index contributed by atoms with van der Waals surface area (Å²) >= 11 is 6.08. The topological polar surface area (TPSA) is 84.2 Å². The molecule has 1 N–H and O–H groups in total. The number of benzene rings is 1. The molecule has 30 heavy (non-hydrogen) atoms. The number of pyridine rings is 1. The molecule has 1 aromatic heterocycles. The van der Waals surface area contributed by atoms with Crippen LogP contribution in [0.25, 0.3) is 0 Å². The largest absolute Gasteiger partial charge is 0.462 e. The van der Waals surface area contributed by atoms with Gasteiger partial charge in [-0.25, -0.2) is 9.78 Å². The Morgan fingerprint density at radius 1 is 1.30 bits per heavy atom. The molecule has 0 unspecified atom stereocenters. The molecule has 0 saturated heterocycles. The van der Waals surface area contributed by atoms with Gasteiger partial charge in [0.25, 0.3) is 0 Å². The van der Waals surface area contributed by atoms with E-state index in [1.807, 2.05) is 30.3 Å². The number of ether oxygens (including phenoxy) is 1. The second kappa shape index (κ2) is 9.60. The molecule has 2 aromatic rings. The van der Waals surface area contributed by atoms with E-state index in [-0.39, 0.29) is 33.7 Å². The Bertz CT molecular complexity index is 965. The SMILES string of the molecule is CCOC(=O)c1cc(C#N)c(Cl)nc1Nc1cccc(CO[Si](C)(C)C(C)(C)C)c1. The monoisotopic (exact) mass is 445 g/mol. The predicted molar refractivity (Wildman–Crippen MR) is 122 cm³/mol. The minimum absolute atomic E-state index is 0.0189. The van der Waals surface area contributed by atoms with Gasteiger partial charge in [-0.05, 0) is 48.8 Å². The number of nitriles is 1. The Labute approximate surface area is 184 Å². The van der Waals surface area contributed by atoms with Gasteiger partial charge in [-0.1, -0.05) is 44.5 Å². The molecule has 0 atom stereocenters. The molecule has 160 valence electrons. The average Bonchev–Trinajstić information content (AvgIpc) is 2.66. The summed E-state index contributed by atoms with van der Waals surface area (Å²) in [5, 5.41) is 12.5. The molecule has 0 aliphatic rings. The van der Waals surface area contributed by atoms with Gasteiger partial charge in [0.05, 0.1) is 18.8 Å². The number of anilines is 2. The Morgan fingerprint density at radius 2 is 2.00 bits per heavy atom. The standard InChI is InChI=1S/C22H28ClN3O3Si/c1-7-28-21(27)18-12-16(13-24)19(23)26-20(18)25-17-10-8-9-15(11-17)14-29-30(5,6)22(2,3)4/h8-12H,7,14H2,1-6H3,(H,25,26). The highest BCUT2D eigenvalue weighted by atomic mass is 35.5. The van der Waals surface area contributed by atoms with Crippen LogP contribution in [0.15, 0.2) is 30.3 Å². The molecule has 0 spiro atoms. The zero-order chi connectivity index (χ0) is 22.5. The molecule has 0 saturated carbocycles. The lowest BCUT2D eigenvalue weighted by atomic mass is 10.1. The fourth-order valence-electron chi connectivity index (χ4n) is 2.38. The molecule has 0 radical (unpaired) electrons. The number of hydrogen-bond acceptors (Lipinski definition) is 6. The van der Waals surface area contributed by atoms with Crippen molar-refractivity contribution >= 4 is 37.4 Å². The van der Waals surface area contributed by atoms with Crippen LogP contribution in [-0.2, 0) is 15.8 Å². The lowest BCUT2D eigenvalue weighted by Crippen LogP contribution is -2.40. The number of nitrogens with zero attached hydrogens (tertiary/aromatic N) is 2. The van der Waals surface area contributed by atoms with E-state index in [0.717, 1.165) is 11.3 Å². The Morgan fingerprint density at radius 3 is 2.60 bits per heavy atom. The molecule has 1 heterocycles. The van der Waals surface area contributed by atoms with Crippen LogP contribution in [0.1, 0.15) is 49.2 Å². The van der Waals surface area contributed by atoms with Crippen molar-refractivity contribution in [1.29, 1.82) is 5.26 Å². The van der Waals surface area contributed by atoms with Gasteiger partial charge in [0, 0.05) is 5.69 Å². The van der Waals surface area contributed by atoms with Crippen LogP contribution < -0.4 is 5.32 Å². The highest BCUT2D eigenvalue weighted by Gasteiger charge is 2.37. The molecule has 2 rings (SSSR count). The number of carbonyl (C=O) groups excluding carboxylic acids is 1. The predicted octanol–water partition coefficient (Wildman–Crippen LogP) is 6.05. The maximum Gasteiger partial charge on any atom is 0.341 e. The molecular formula is C22H28ClN3O3Si. The summed E-state index contributed by atoms with van der Waals surface area (Å²) in [6, 6.07) is 11.0. The minimum Gasteiger partial charge on any atom is -0.462 e. The van der Waals surface area contributed by atoms with Crippen LogP contribution in [0, 0.1) is 11.3 Å². The number of rotatable bonds is 7. The third-order valence-electron chi connectivity index (χ3n) is 5.19. The maximum absolute atomic E-state index is 12.3. The van der Waals surface area contributed by atoms with E-state index < -0.39 is 14.3 Å². The molecule has 8 heteroatoms. The highest BCUT2D eigenvalue weighted by Crippen LogP contribution is 2.37. The van der Waals surface area contributed by atoms with Crippen LogP contribution >= 0.6 is 11.6 Å². The number of aromatic nitrogens is 1. The summed E-state index contributed by atoms with van der Waals surface area (Å²) in [6.07, 6.45) is 0. The first-order valence-electron chi connectivity index (χ1n) is 9.76. The van der Waals surface area contributed by atoms with Gasteiger partial charge in [0.15, 0.2) is 8.32 Å². The minimum atomic E-state index is -1.87. The Balaban J connectivity index is 2.29. The van der Waals surface area contributed by atoms with Crippen LogP contribution in [-0.4, -0.2) is 25.9 Å². The van der Waals surface area contributed by atoms with Crippen molar-refractivity contribution in [3.63, 3.8) is 0 Å². The molecule has 0 aliphatic carbocycles. The molecule has 0 fully saturated rings. The maximum atomic E-state index is 12.3. The Hall–Kier alpha value is -2.40. The van der Waals surface area contributed by atoms with Crippen molar-refractivity contribution in [2.75, 3.05) is 11.9 Å². The van der Waals surface area contributed by atoms with E-state index in [9.17, 15) is 10.1 Å². The van der Waals surface area contributed by atoms with E-state index in [1.54, 1.807) is 6.92 Å². The third kappa shape index (κ3) is 5.82. The van der Waals surface area contributed by atoms with E-state index in [4.69, 9.17) is 20.8 Å². The van der Waals surface area contributed by atoms with Crippen molar-refractivity contribution in [3.8, 4) is 6.07 Å². The van der Waals surface area contributed by atoms with Gasteiger partial charge < -0.3 is 14.5 Å². The molecule has 0 amide bonds. The van der Waals surface area contributed by atoms with E-state index in [1.165, 1.54) is 6.07 Å². The summed E-state index contributed by atoms with van der Waals surface area (Å²) in [4.78, 5) is 16.5. The fourth-order valence-corrected chi connectivity index (χ4v) is 3.53. The number of hydrogen-bond donors (Lipinski definition) is 1. The lowest BCUT2D eigenvalue weighted by molar-refractivity contribution is 0.0527. The lowest BCUT2D eigenvalue weighted by Gasteiger charge is -2.36. The van der Waals surface area contributed by atoms with Crippen LogP contribution in [0.3, 0.4) is 0 Å². The molecule has 1 aromatic carbocycles. The first-order valence-corrected chi connectivity index (χ1v) is 13.0. The van der Waals surface area contributed by atoms with Crippen LogP contribution in [0.2, 0.25) is 23.3 Å². The highest BCUT2D eigenvalue weighted by molar-refractivity contribution is 6.74. The summed E-state index contributed by atoms with van der Waals surface area (Å²) in [7, 11) is -1.87. The van der Waals surface area contributed by atoms with Gasteiger partial charge in [0.1, 0.15) is 22.6 Å².